The van der Waals surface area contributed by atoms with Gasteiger partial charge in [-0.1, -0.05) is 18.6 Å². The lowest BCUT2D eigenvalue weighted by molar-refractivity contribution is -0.142. The number of hydrogen-bond donors (Lipinski definition) is 8. The summed E-state index contributed by atoms with van der Waals surface area (Å²) >= 11 is 0. The van der Waals surface area contributed by atoms with Crippen LogP contribution in [0, 0.1) is 0 Å². The molecule has 12 nitrogen and oxygen atoms in total. The maximum absolute atomic E-state index is 12.9. The fourth-order valence-electron chi connectivity index (χ4n) is 3.02. The Morgan fingerprint density at radius 2 is 1.31 bits per heavy atom. The zero-order valence-corrected chi connectivity index (χ0v) is 20.1. The SMILES string of the molecule is CC(=O)O.NCCCCC(N)C(=O)NC(Cc1ccc(O)cc1)C(=O)NC(CCCCN)C(=O)O. The third-order valence-electron chi connectivity index (χ3n) is 4.88. The quantitative estimate of drug-likeness (QED) is 0.147. The topological polar surface area (TPSA) is 231 Å². The number of nitrogens with two attached hydrogens (primary N) is 3. The zero-order chi connectivity index (χ0) is 26.8. The van der Waals surface area contributed by atoms with Crippen molar-refractivity contribution in [3.63, 3.8) is 0 Å². The lowest BCUT2D eigenvalue weighted by Crippen LogP contribution is -2.55. The van der Waals surface area contributed by atoms with E-state index in [1.807, 2.05) is 0 Å². The fourth-order valence-corrected chi connectivity index (χ4v) is 3.02. The molecule has 0 spiro atoms. The van der Waals surface area contributed by atoms with Crippen LogP contribution >= 0.6 is 0 Å². The average molecular weight is 498 g/mol. The van der Waals surface area contributed by atoms with Crippen LogP contribution in [-0.2, 0) is 25.6 Å². The van der Waals surface area contributed by atoms with E-state index in [4.69, 9.17) is 27.1 Å². The monoisotopic (exact) mass is 497 g/mol. The molecule has 2 amide bonds. The first-order valence-electron chi connectivity index (χ1n) is 11.5. The number of carbonyl (C=O) groups excluding carboxylic acids is 2. The van der Waals surface area contributed by atoms with Crippen molar-refractivity contribution in [3.8, 4) is 5.75 Å². The van der Waals surface area contributed by atoms with Gasteiger partial charge >= 0.3 is 5.97 Å². The van der Waals surface area contributed by atoms with Crippen molar-refractivity contribution in [3.05, 3.63) is 29.8 Å². The Morgan fingerprint density at radius 3 is 1.80 bits per heavy atom. The zero-order valence-electron chi connectivity index (χ0n) is 20.1. The van der Waals surface area contributed by atoms with E-state index in [1.165, 1.54) is 12.1 Å². The highest BCUT2D eigenvalue weighted by atomic mass is 16.4. The number of aromatic hydroxyl groups is 1. The highest BCUT2D eigenvalue weighted by Crippen LogP contribution is 2.12. The van der Waals surface area contributed by atoms with Crippen LogP contribution in [0.4, 0.5) is 0 Å². The summed E-state index contributed by atoms with van der Waals surface area (Å²) in [5.41, 5.74) is 17.5. The maximum Gasteiger partial charge on any atom is 0.326 e. The van der Waals surface area contributed by atoms with E-state index in [2.05, 4.69) is 10.6 Å². The molecule has 0 radical (unpaired) electrons. The molecule has 0 bridgehead atoms. The van der Waals surface area contributed by atoms with Gasteiger partial charge in [-0.2, -0.15) is 0 Å². The number of aliphatic carboxylic acids is 2. The van der Waals surface area contributed by atoms with E-state index in [1.54, 1.807) is 12.1 Å². The first-order chi connectivity index (χ1) is 16.5. The van der Waals surface area contributed by atoms with Gasteiger partial charge < -0.3 is 43.2 Å². The van der Waals surface area contributed by atoms with Crippen LogP contribution < -0.4 is 27.8 Å². The summed E-state index contributed by atoms with van der Waals surface area (Å²) in [4.78, 5) is 45.9. The fraction of sp³-hybridized carbons (Fsp3) is 0.565. The molecule has 0 aliphatic carbocycles. The molecule has 0 fully saturated rings. The minimum atomic E-state index is -1.15. The minimum Gasteiger partial charge on any atom is -0.508 e. The lowest BCUT2D eigenvalue weighted by Gasteiger charge is -2.23. The number of amides is 2. The standard InChI is InChI=1S/C21H35N5O5.C2H4O2/c22-11-3-1-5-16(24)19(28)26-18(13-14-7-9-15(27)10-8-14)20(29)25-17(21(30)31)6-2-4-12-23;1-2(3)4/h7-10,16-18,27H,1-6,11-13,22-24H2,(H,25,29)(H,26,28)(H,30,31);1H3,(H,3,4). The van der Waals surface area contributed by atoms with E-state index >= 15 is 0 Å². The number of phenols is 1. The molecular formula is C23H39N5O7. The Kier molecular flexibility index (Phi) is 16.5. The first-order valence-corrected chi connectivity index (χ1v) is 11.5. The predicted molar refractivity (Wildman–Crippen MR) is 130 cm³/mol. The van der Waals surface area contributed by atoms with Crippen LogP contribution in [0.2, 0.25) is 0 Å². The second-order valence-corrected chi connectivity index (χ2v) is 8.03. The molecule has 0 saturated heterocycles. The molecule has 0 aliphatic heterocycles. The summed E-state index contributed by atoms with van der Waals surface area (Å²) in [5.74, 6) is -3.03. The van der Waals surface area contributed by atoms with Crippen LogP contribution in [0.5, 0.6) is 5.75 Å². The van der Waals surface area contributed by atoms with E-state index in [9.17, 15) is 24.6 Å². The number of phenolic OH excluding ortho intramolecular Hbond substituents is 1. The Morgan fingerprint density at radius 1 is 0.829 bits per heavy atom. The van der Waals surface area contributed by atoms with Gasteiger partial charge in [0.15, 0.2) is 0 Å². The molecule has 0 aliphatic rings. The molecule has 0 saturated carbocycles. The lowest BCUT2D eigenvalue weighted by atomic mass is 10.0. The minimum absolute atomic E-state index is 0.0709. The molecule has 3 unspecified atom stereocenters. The molecule has 11 N–H and O–H groups in total. The van der Waals surface area contributed by atoms with Gasteiger partial charge in [-0.25, -0.2) is 4.79 Å². The molecule has 0 aromatic heterocycles. The second kappa shape index (κ2) is 18.2. The van der Waals surface area contributed by atoms with Crippen LogP contribution in [0.25, 0.3) is 0 Å². The van der Waals surface area contributed by atoms with Crippen molar-refractivity contribution in [1.82, 2.24) is 10.6 Å². The molecule has 35 heavy (non-hydrogen) atoms. The summed E-state index contributed by atoms with van der Waals surface area (Å²) in [6.45, 7) is 2.02. The van der Waals surface area contributed by atoms with Crippen molar-refractivity contribution in [2.45, 2.75) is 70.0 Å². The summed E-state index contributed by atoms with van der Waals surface area (Å²) < 4.78 is 0. The van der Waals surface area contributed by atoms with Crippen molar-refractivity contribution in [2.24, 2.45) is 17.2 Å². The van der Waals surface area contributed by atoms with Gasteiger partial charge in [-0.3, -0.25) is 14.4 Å². The number of carboxylic acid groups (broad SMARTS) is 2. The molecular weight excluding hydrogens is 458 g/mol. The smallest absolute Gasteiger partial charge is 0.326 e. The molecule has 3 atom stereocenters. The Bertz CT molecular complexity index is 785. The van der Waals surface area contributed by atoms with Gasteiger partial charge in [0.05, 0.1) is 6.04 Å². The number of hydrogen-bond acceptors (Lipinski definition) is 8. The third-order valence-corrected chi connectivity index (χ3v) is 4.88. The summed E-state index contributed by atoms with van der Waals surface area (Å²) in [6, 6.07) is 3.28. The molecule has 0 heterocycles. The van der Waals surface area contributed by atoms with E-state index in [-0.39, 0.29) is 18.6 Å². The maximum atomic E-state index is 12.9. The summed E-state index contributed by atoms with van der Waals surface area (Å²) in [7, 11) is 0. The van der Waals surface area contributed by atoms with Crippen molar-refractivity contribution < 1.29 is 34.5 Å². The molecule has 198 valence electrons. The Hall–Kier alpha value is -3.22. The average Bonchev–Trinajstić information content (AvgIpc) is 2.78. The number of carboxylic acids is 2. The number of nitrogens with one attached hydrogen (secondary N) is 2. The number of carbonyl (C=O) groups is 4. The Labute approximate surface area is 205 Å². The molecule has 1 aromatic carbocycles. The Balaban J connectivity index is 0.00000267. The number of unbranched alkanes of at least 4 members (excludes halogenated alkanes) is 2. The molecule has 1 rings (SSSR count). The van der Waals surface area contributed by atoms with E-state index in [0.717, 1.165) is 13.3 Å². The summed E-state index contributed by atoms with van der Waals surface area (Å²) in [6.07, 6.45) is 3.38. The van der Waals surface area contributed by atoms with Crippen LogP contribution in [0.1, 0.15) is 51.0 Å². The van der Waals surface area contributed by atoms with Crippen molar-refractivity contribution in [1.29, 1.82) is 0 Å². The van der Waals surface area contributed by atoms with E-state index < -0.39 is 41.9 Å². The predicted octanol–water partition coefficient (Wildman–Crippen LogP) is -0.335. The highest BCUT2D eigenvalue weighted by molar-refractivity contribution is 5.91. The molecule has 1 aromatic rings. The van der Waals surface area contributed by atoms with Gasteiger partial charge in [0.2, 0.25) is 11.8 Å². The highest BCUT2D eigenvalue weighted by Gasteiger charge is 2.28. The second-order valence-electron chi connectivity index (χ2n) is 8.03. The van der Waals surface area contributed by atoms with Gasteiger partial charge in [-0.15, -0.1) is 0 Å². The first kappa shape index (κ1) is 31.8. The van der Waals surface area contributed by atoms with Gasteiger partial charge in [0, 0.05) is 13.3 Å². The van der Waals surface area contributed by atoms with Crippen molar-refractivity contribution >= 4 is 23.8 Å². The third kappa shape index (κ3) is 15.3. The van der Waals surface area contributed by atoms with Crippen LogP contribution in [0.3, 0.4) is 0 Å². The summed E-state index contributed by atoms with van der Waals surface area (Å²) in [5, 5.41) is 31.4. The van der Waals surface area contributed by atoms with Gasteiger partial charge in [0.25, 0.3) is 5.97 Å². The normalized spacial score (nSPS) is 12.9. The van der Waals surface area contributed by atoms with Crippen molar-refractivity contribution in [2.75, 3.05) is 13.1 Å². The number of benzene rings is 1. The largest absolute Gasteiger partial charge is 0.508 e. The van der Waals surface area contributed by atoms with Gasteiger partial charge in [-0.05, 0) is 62.9 Å². The van der Waals surface area contributed by atoms with E-state index in [0.29, 0.717) is 44.3 Å². The van der Waals surface area contributed by atoms with Crippen LogP contribution in [0.15, 0.2) is 24.3 Å². The van der Waals surface area contributed by atoms with Crippen LogP contribution in [-0.4, -0.2) is 70.3 Å². The number of rotatable bonds is 15. The van der Waals surface area contributed by atoms with Gasteiger partial charge in [0.1, 0.15) is 17.8 Å². The molecule has 12 heteroatoms.